The summed E-state index contributed by atoms with van der Waals surface area (Å²) in [6.45, 7) is 11.5. The summed E-state index contributed by atoms with van der Waals surface area (Å²) >= 11 is 0.966. The summed E-state index contributed by atoms with van der Waals surface area (Å²) in [5, 5.41) is 14.4. The van der Waals surface area contributed by atoms with Crippen LogP contribution in [0, 0.1) is 11.8 Å². The standard InChI is InChI=1S/C26H38N6O8S/c1-17-23(32-36)41-24(29-17)31-22(34)20-7-6-19(16-21(20)30-18(2)33)27-8-10-37-12-14-39-15-13-38-11-9-28-25(35)40-26(3,4)5/h6-7,16,27H,8-15H2,1-5H3,(H,28,35)(H,30,33)(H,29,31,34). The molecule has 0 radical (unpaired) electrons. The minimum Gasteiger partial charge on any atom is -0.444 e. The zero-order valence-corrected chi connectivity index (χ0v) is 24.8. The summed E-state index contributed by atoms with van der Waals surface area (Å²) in [7, 11) is 0. The number of carbonyl (C=O) groups is 3. The average molecular weight is 595 g/mol. The summed E-state index contributed by atoms with van der Waals surface area (Å²) in [6, 6.07) is 4.93. The van der Waals surface area contributed by atoms with Crippen molar-refractivity contribution in [1.82, 2.24) is 10.3 Å². The Hall–Kier alpha value is -3.66. The maximum Gasteiger partial charge on any atom is 0.407 e. The second-order valence-electron chi connectivity index (χ2n) is 9.59. The first-order valence-corrected chi connectivity index (χ1v) is 13.8. The summed E-state index contributed by atoms with van der Waals surface area (Å²) < 4.78 is 21.5. The lowest BCUT2D eigenvalue weighted by Gasteiger charge is -2.19. The van der Waals surface area contributed by atoms with Gasteiger partial charge in [0.15, 0.2) is 10.1 Å². The smallest absolute Gasteiger partial charge is 0.407 e. The van der Waals surface area contributed by atoms with E-state index in [0.717, 1.165) is 11.3 Å². The number of benzene rings is 1. The van der Waals surface area contributed by atoms with E-state index < -0.39 is 17.6 Å². The molecule has 4 N–H and O–H groups in total. The number of nitroso groups, excluding NO2 is 1. The lowest BCUT2D eigenvalue weighted by molar-refractivity contribution is -0.114. The van der Waals surface area contributed by atoms with Crippen molar-refractivity contribution in [2.75, 3.05) is 68.7 Å². The third kappa shape index (κ3) is 13.5. The third-order valence-corrected chi connectivity index (χ3v) is 5.83. The number of alkyl carbamates (subject to hydrolysis) is 1. The zero-order chi connectivity index (χ0) is 30.3. The van der Waals surface area contributed by atoms with E-state index in [1.165, 1.54) is 6.92 Å². The van der Waals surface area contributed by atoms with Crippen LogP contribution < -0.4 is 21.3 Å². The van der Waals surface area contributed by atoms with Crippen LogP contribution in [0.15, 0.2) is 23.4 Å². The van der Waals surface area contributed by atoms with Crippen molar-refractivity contribution >= 4 is 50.8 Å². The molecule has 2 rings (SSSR count). The summed E-state index contributed by atoms with van der Waals surface area (Å²) in [5.74, 6) is -0.822. The van der Waals surface area contributed by atoms with E-state index in [1.807, 2.05) is 0 Å². The zero-order valence-electron chi connectivity index (χ0n) is 24.0. The average Bonchev–Trinajstić information content (AvgIpc) is 3.24. The number of ether oxygens (including phenoxy) is 4. The van der Waals surface area contributed by atoms with Gasteiger partial charge < -0.3 is 34.9 Å². The van der Waals surface area contributed by atoms with E-state index in [2.05, 4.69) is 31.4 Å². The molecule has 3 amide bonds. The third-order valence-electron chi connectivity index (χ3n) is 4.88. The molecule has 41 heavy (non-hydrogen) atoms. The van der Waals surface area contributed by atoms with Gasteiger partial charge in [-0.1, -0.05) is 11.3 Å². The second-order valence-corrected chi connectivity index (χ2v) is 10.6. The van der Waals surface area contributed by atoms with Crippen LogP contribution in [0.4, 0.5) is 26.3 Å². The van der Waals surface area contributed by atoms with Crippen molar-refractivity contribution in [1.29, 1.82) is 0 Å². The van der Waals surface area contributed by atoms with Crippen molar-refractivity contribution in [2.45, 2.75) is 40.2 Å². The van der Waals surface area contributed by atoms with Crippen LogP contribution in [0.3, 0.4) is 0 Å². The molecular weight excluding hydrogens is 556 g/mol. The molecule has 0 unspecified atom stereocenters. The van der Waals surface area contributed by atoms with Gasteiger partial charge in [0, 0.05) is 25.7 Å². The van der Waals surface area contributed by atoms with Gasteiger partial charge >= 0.3 is 6.09 Å². The predicted molar refractivity (Wildman–Crippen MR) is 156 cm³/mol. The SMILES string of the molecule is CC(=O)Nc1cc(NCCOCCOCCOCCNC(=O)OC(C)(C)C)ccc1C(=O)Nc1nc(C)c(N=O)s1. The van der Waals surface area contributed by atoms with Gasteiger partial charge in [-0.05, 0) is 51.1 Å². The first-order chi connectivity index (χ1) is 19.5. The monoisotopic (exact) mass is 594 g/mol. The maximum atomic E-state index is 12.8. The molecular formula is C26H38N6O8S. The molecule has 0 bridgehead atoms. The molecule has 0 atom stereocenters. The van der Waals surface area contributed by atoms with Gasteiger partial charge in [0.25, 0.3) is 5.91 Å². The molecule has 0 saturated heterocycles. The Morgan fingerprint density at radius 3 is 2.17 bits per heavy atom. The first kappa shape index (κ1) is 33.5. The van der Waals surface area contributed by atoms with Crippen LogP contribution >= 0.6 is 11.3 Å². The number of thiazole rings is 1. The molecule has 0 fully saturated rings. The van der Waals surface area contributed by atoms with Crippen LogP contribution in [0.25, 0.3) is 0 Å². The fourth-order valence-corrected chi connectivity index (χ4v) is 3.93. The van der Waals surface area contributed by atoms with Crippen LogP contribution in [-0.2, 0) is 23.7 Å². The van der Waals surface area contributed by atoms with E-state index in [4.69, 9.17) is 18.9 Å². The second kappa shape index (κ2) is 17.2. The van der Waals surface area contributed by atoms with Gasteiger partial charge in [0.2, 0.25) is 5.91 Å². The highest BCUT2D eigenvalue weighted by Gasteiger charge is 2.17. The van der Waals surface area contributed by atoms with Gasteiger partial charge in [-0.3, -0.25) is 14.9 Å². The molecule has 15 heteroatoms. The molecule has 0 saturated carbocycles. The van der Waals surface area contributed by atoms with Crippen molar-refractivity contribution in [3.8, 4) is 0 Å². The topological polar surface area (TPSA) is 179 Å². The fourth-order valence-electron chi connectivity index (χ4n) is 3.19. The number of nitrogens with one attached hydrogen (secondary N) is 4. The predicted octanol–water partition coefficient (Wildman–Crippen LogP) is 4.05. The number of carbonyl (C=O) groups excluding carboxylic acids is 3. The molecule has 0 aliphatic heterocycles. The Bertz CT molecular complexity index is 1170. The van der Waals surface area contributed by atoms with Crippen LogP contribution in [0.5, 0.6) is 0 Å². The summed E-state index contributed by atoms with van der Waals surface area (Å²) in [5.41, 5.74) is 1.12. The minimum absolute atomic E-state index is 0.186. The fraction of sp³-hybridized carbons (Fsp3) is 0.538. The number of hydrogen-bond acceptors (Lipinski definition) is 12. The van der Waals surface area contributed by atoms with Gasteiger partial charge in [0.05, 0.1) is 56.6 Å². The molecule has 0 spiro atoms. The van der Waals surface area contributed by atoms with E-state index >= 15 is 0 Å². The number of rotatable bonds is 17. The van der Waals surface area contributed by atoms with Crippen molar-refractivity contribution in [3.05, 3.63) is 34.4 Å². The number of hydrogen-bond donors (Lipinski definition) is 4. The highest BCUT2D eigenvalue weighted by molar-refractivity contribution is 7.19. The highest BCUT2D eigenvalue weighted by atomic mass is 32.1. The molecule has 1 aromatic heterocycles. The van der Waals surface area contributed by atoms with Crippen LogP contribution in [-0.4, -0.2) is 81.2 Å². The Labute approximate surface area is 242 Å². The lowest BCUT2D eigenvalue weighted by Crippen LogP contribution is -2.34. The van der Waals surface area contributed by atoms with Crippen LogP contribution in [0.2, 0.25) is 0 Å². The normalized spacial score (nSPS) is 11.0. The largest absolute Gasteiger partial charge is 0.444 e. The number of amides is 3. The number of nitrogens with zero attached hydrogens (tertiary/aromatic N) is 2. The maximum absolute atomic E-state index is 12.8. The lowest BCUT2D eigenvalue weighted by atomic mass is 10.1. The number of anilines is 3. The van der Waals surface area contributed by atoms with Crippen molar-refractivity contribution < 1.29 is 33.3 Å². The first-order valence-electron chi connectivity index (χ1n) is 13.0. The van der Waals surface area contributed by atoms with Gasteiger partial charge in [-0.2, -0.15) is 0 Å². The Balaban J connectivity index is 1.63. The molecule has 1 heterocycles. The Kier molecular flexibility index (Phi) is 14.1. The van der Waals surface area contributed by atoms with E-state index in [-0.39, 0.29) is 21.6 Å². The van der Waals surface area contributed by atoms with E-state index in [9.17, 15) is 19.3 Å². The molecule has 14 nitrogen and oxygen atoms in total. The van der Waals surface area contributed by atoms with Crippen LogP contribution in [0.1, 0.15) is 43.7 Å². The molecule has 0 aliphatic rings. The van der Waals surface area contributed by atoms with Gasteiger partial charge in [0.1, 0.15) is 5.60 Å². The summed E-state index contributed by atoms with van der Waals surface area (Å²) in [6.07, 6.45) is -0.479. The van der Waals surface area contributed by atoms with E-state index in [0.29, 0.717) is 69.8 Å². The van der Waals surface area contributed by atoms with Gasteiger partial charge in [-0.25, -0.2) is 9.78 Å². The highest BCUT2D eigenvalue weighted by Crippen LogP contribution is 2.31. The molecule has 0 aliphatic carbocycles. The summed E-state index contributed by atoms with van der Waals surface area (Å²) in [4.78, 5) is 50.9. The number of aromatic nitrogens is 1. The molecule has 1 aromatic carbocycles. The Morgan fingerprint density at radius 1 is 0.951 bits per heavy atom. The van der Waals surface area contributed by atoms with Crippen molar-refractivity contribution in [2.24, 2.45) is 5.18 Å². The number of aryl methyl sites for hydroxylation is 1. The van der Waals surface area contributed by atoms with Crippen molar-refractivity contribution in [3.63, 3.8) is 0 Å². The quantitative estimate of drug-likeness (QED) is 0.154. The minimum atomic E-state index is -0.537. The molecule has 2 aromatic rings. The Morgan fingerprint density at radius 2 is 1.59 bits per heavy atom. The molecule has 226 valence electrons. The van der Waals surface area contributed by atoms with Gasteiger partial charge in [-0.15, -0.1) is 4.91 Å². The van der Waals surface area contributed by atoms with E-state index in [1.54, 1.807) is 45.9 Å².